The first kappa shape index (κ1) is 16.5. The van der Waals surface area contributed by atoms with Gasteiger partial charge in [-0.3, -0.25) is 10.4 Å². The van der Waals surface area contributed by atoms with Gasteiger partial charge in [-0.25, -0.2) is 0 Å². The lowest BCUT2D eigenvalue weighted by Gasteiger charge is -2.16. The molecule has 0 unspecified atom stereocenters. The number of benzene rings is 3. The largest absolute Gasteiger partial charge is 0.355 e. The molecule has 4 heteroatoms. The zero-order valence-corrected chi connectivity index (χ0v) is 15.5. The topological polar surface area (TPSA) is 48.8 Å². The highest BCUT2D eigenvalue weighted by Crippen LogP contribution is 2.31. The van der Waals surface area contributed by atoms with Gasteiger partial charge >= 0.3 is 0 Å². The zero-order valence-electron chi connectivity index (χ0n) is 13.9. The fraction of sp³-hybridized carbons (Fsp3) is 0. The molecule has 0 aliphatic rings. The minimum absolute atomic E-state index is 0.486. The van der Waals surface area contributed by atoms with Crippen LogP contribution >= 0.6 is 15.9 Å². The van der Waals surface area contributed by atoms with Crippen molar-refractivity contribution in [2.75, 3.05) is 5.32 Å². The van der Waals surface area contributed by atoms with Crippen LogP contribution in [0, 0.1) is 5.41 Å². The average molecular weight is 402 g/mol. The Labute approximate surface area is 160 Å². The molecule has 1 aromatic heterocycles. The standard InChI is InChI=1S/C22H16BrN3/c23-17-6-3-5-16(14-17)22(24)21-19-7-2-1-4-15(19)8-9-20(21)26-18-10-12-25-13-11-18/h1-14,24H,(H,25,26). The summed E-state index contributed by atoms with van der Waals surface area (Å²) in [6, 6.07) is 24.0. The van der Waals surface area contributed by atoms with Crippen LogP contribution in [0.5, 0.6) is 0 Å². The predicted octanol–water partition coefficient (Wildman–Crippen LogP) is 6.16. The summed E-state index contributed by atoms with van der Waals surface area (Å²) in [5, 5.41) is 14.5. The third kappa shape index (κ3) is 3.24. The molecule has 0 amide bonds. The Morgan fingerprint density at radius 1 is 0.885 bits per heavy atom. The van der Waals surface area contributed by atoms with Gasteiger partial charge in [0.15, 0.2) is 0 Å². The number of aromatic nitrogens is 1. The van der Waals surface area contributed by atoms with Crippen molar-refractivity contribution in [3.63, 3.8) is 0 Å². The summed E-state index contributed by atoms with van der Waals surface area (Å²) in [6.45, 7) is 0. The smallest absolute Gasteiger partial charge is 0.0712 e. The van der Waals surface area contributed by atoms with Crippen molar-refractivity contribution < 1.29 is 0 Å². The number of hydrogen-bond acceptors (Lipinski definition) is 3. The highest BCUT2D eigenvalue weighted by Gasteiger charge is 2.15. The van der Waals surface area contributed by atoms with Gasteiger partial charge in [0.1, 0.15) is 0 Å². The van der Waals surface area contributed by atoms with Crippen molar-refractivity contribution in [2.45, 2.75) is 0 Å². The monoisotopic (exact) mass is 401 g/mol. The molecule has 4 rings (SSSR count). The summed E-state index contributed by atoms with van der Waals surface area (Å²) in [5.74, 6) is 0. The van der Waals surface area contributed by atoms with Gasteiger partial charge in [0.25, 0.3) is 0 Å². The lowest BCUT2D eigenvalue weighted by Crippen LogP contribution is -2.07. The molecule has 26 heavy (non-hydrogen) atoms. The van der Waals surface area contributed by atoms with Crippen LogP contribution in [0.3, 0.4) is 0 Å². The minimum Gasteiger partial charge on any atom is -0.355 e. The van der Waals surface area contributed by atoms with E-state index >= 15 is 0 Å². The van der Waals surface area contributed by atoms with Gasteiger partial charge < -0.3 is 5.32 Å². The number of anilines is 2. The van der Waals surface area contributed by atoms with E-state index in [4.69, 9.17) is 5.41 Å². The fourth-order valence-electron chi connectivity index (χ4n) is 3.02. The van der Waals surface area contributed by atoms with Gasteiger partial charge in [-0.05, 0) is 41.1 Å². The summed E-state index contributed by atoms with van der Waals surface area (Å²) in [5.41, 5.74) is 4.09. The maximum atomic E-state index is 8.88. The van der Waals surface area contributed by atoms with Crippen molar-refractivity contribution in [2.24, 2.45) is 0 Å². The number of halogens is 1. The molecule has 0 radical (unpaired) electrons. The van der Waals surface area contributed by atoms with Crippen LogP contribution in [-0.2, 0) is 0 Å². The van der Waals surface area contributed by atoms with Gasteiger partial charge in [0, 0.05) is 39.4 Å². The van der Waals surface area contributed by atoms with E-state index < -0.39 is 0 Å². The number of pyridine rings is 1. The normalized spacial score (nSPS) is 10.7. The second-order valence-electron chi connectivity index (χ2n) is 5.96. The van der Waals surface area contributed by atoms with Crippen LogP contribution in [-0.4, -0.2) is 10.7 Å². The van der Waals surface area contributed by atoms with Gasteiger partial charge in [-0.1, -0.05) is 58.4 Å². The molecular formula is C22H16BrN3. The molecule has 0 spiro atoms. The van der Waals surface area contributed by atoms with Crippen LogP contribution in [0.15, 0.2) is 89.7 Å². The van der Waals surface area contributed by atoms with E-state index in [1.807, 2.05) is 54.6 Å². The summed E-state index contributed by atoms with van der Waals surface area (Å²) in [4.78, 5) is 4.06. The van der Waals surface area contributed by atoms with Crippen molar-refractivity contribution in [3.05, 3.63) is 101 Å². The second kappa shape index (κ2) is 7.10. The van der Waals surface area contributed by atoms with E-state index in [-0.39, 0.29) is 0 Å². The Morgan fingerprint density at radius 3 is 2.50 bits per heavy atom. The predicted molar refractivity (Wildman–Crippen MR) is 112 cm³/mol. The van der Waals surface area contributed by atoms with E-state index in [0.717, 1.165) is 37.7 Å². The Morgan fingerprint density at radius 2 is 1.69 bits per heavy atom. The molecule has 0 aliphatic carbocycles. The number of fused-ring (bicyclic) bond motifs is 1. The van der Waals surface area contributed by atoms with Crippen LogP contribution < -0.4 is 5.32 Å². The lowest BCUT2D eigenvalue weighted by molar-refractivity contribution is 1.32. The highest BCUT2D eigenvalue weighted by atomic mass is 79.9. The Balaban J connectivity index is 1.89. The third-order valence-electron chi connectivity index (χ3n) is 4.25. The number of hydrogen-bond donors (Lipinski definition) is 2. The quantitative estimate of drug-likeness (QED) is 0.402. The summed E-state index contributed by atoms with van der Waals surface area (Å²) in [6.07, 6.45) is 3.51. The number of nitrogens with one attached hydrogen (secondary N) is 2. The minimum atomic E-state index is 0.486. The lowest BCUT2D eigenvalue weighted by atomic mass is 9.94. The van der Waals surface area contributed by atoms with Gasteiger partial charge in [0.05, 0.1) is 5.71 Å². The Bertz CT molecular complexity index is 1090. The van der Waals surface area contributed by atoms with E-state index in [9.17, 15) is 0 Å². The molecule has 1 heterocycles. The molecule has 3 nitrogen and oxygen atoms in total. The van der Waals surface area contributed by atoms with Gasteiger partial charge in [0.2, 0.25) is 0 Å². The molecular weight excluding hydrogens is 386 g/mol. The van der Waals surface area contributed by atoms with E-state index in [2.05, 4.69) is 44.4 Å². The molecule has 0 saturated heterocycles. The van der Waals surface area contributed by atoms with Crippen molar-refractivity contribution >= 4 is 43.8 Å². The highest BCUT2D eigenvalue weighted by molar-refractivity contribution is 9.10. The van der Waals surface area contributed by atoms with Crippen molar-refractivity contribution in [1.82, 2.24) is 4.98 Å². The van der Waals surface area contributed by atoms with E-state index in [1.165, 1.54) is 0 Å². The van der Waals surface area contributed by atoms with Crippen LogP contribution in [0.4, 0.5) is 11.4 Å². The summed E-state index contributed by atoms with van der Waals surface area (Å²) in [7, 11) is 0. The number of nitrogens with zero attached hydrogens (tertiary/aromatic N) is 1. The Hall–Kier alpha value is -2.98. The van der Waals surface area contributed by atoms with Crippen molar-refractivity contribution in [1.29, 1.82) is 5.41 Å². The fourth-order valence-corrected chi connectivity index (χ4v) is 3.42. The van der Waals surface area contributed by atoms with E-state index in [1.54, 1.807) is 12.4 Å². The number of rotatable bonds is 4. The van der Waals surface area contributed by atoms with Crippen LogP contribution in [0.25, 0.3) is 10.8 Å². The molecule has 126 valence electrons. The molecule has 0 atom stereocenters. The molecule has 2 N–H and O–H groups in total. The van der Waals surface area contributed by atoms with Gasteiger partial charge in [-0.15, -0.1) is 0 Å². The maximum absolute atomic E-state index is 8.88. The maximum Gasteiger partial charge on any atom is 0.0712 e. The molecule has 3 aromatic carbocycles. The third-order valence-corrected chi connectivity index (χ3v) is 4.74. The average Bonchev–Trinajstić information content (AvgIpc) is 2.68. The molecule has 0 aliphatic heterocycles. The van der Waals surface area contributed by atoms with Crippen molar-refractivity contribution in [3.8, 4) is 0 Å². The first-order valence-electron chi connectivity index (χ1n) is 8.26. The van der Waals surface area contributed by atoms with E-state index in [0.29, 0.717) is 5.71 Å². The first-order valence-corrected chi connectivity index (χ1v) is 9.05. The van der Waals surface area contributed by atoms with Crippen LogP contribution in [0.1, 0.15) is 11.1 Å². The van der Waals surface area contributed by atoms with Gasteiger partial charge in [-0.2, -0.15) is 0 Å². The summed E-state index contributed by atoms with van der Waals surface area (Å²) < 4.78 is 0.962. The second-order valence-corrected chi connectivity index (χ2v) is 6.87. The SMILES string of the molecule is N=C(c1cccc(Br)c1)c1c(Nc2ccncc2)ccc2ccccc12. The molecule has 0 bridgehead atoms. The zero-order chi connectivity index (χ0) is 17.9. The molecule has 0 fully saturated rings. The Kier molecular flexibility index (Phi) is 4.50. The molecule has 0 saturated carbocycles. The molecule has 4 aromatic rings. The summed E-state index contributed by atoms with van der Waals surface area (Å²) >= 11 is 3.51. The first-order chi connectivity index (χ1) is 12.7. The van der Waals surface area contributed by atoms with Crippen LogP contribution in [0.2, 0.25) is 0 Å².